The largest absolute Gasteiger partial charge is 0.671 e. The lowest BCUT2D eigenvalue weighted by atomic mass is 10.4. The first-order valence-corrected chi connectivity index (χ1v) is 4.93. The number of alkyl halides is 3. The highest BCUT2D eigenvalue weighted by molar-refractivity contribution is 6.43. The van der Waals surface area contributed by atoms with Crippen molar-refractivity contribution in [3.05, 3.63) is 0 Å². The zero-order valence-corrected chi connectivity index (χ0v) is 6.47. The Bertz CT molecular complexity index is 126. The van der Waals surface area contributed by atoms with E-state index in [0.717, 1.165) is 0 Å². The molecule has 1 fully saturated rings. The molecule has 0 spiro atoms. The van der Waals surface area contributed by atoms with Gasteiger partial charge in [0, 0.05) is 6.61 Å². The minimum atomic E-state index is -4.25. The van der Waals surface area contributed by atoms with Crippen LogP contribution in [0.3, 0.4) is 0 Å². The number of hydrogen-bond acceptors (Lipinski definition) is 2. The Morgan fingerprint density at radius 2 is 2.10 bits per heavy atom. The van der Waals surface area contributed by atoms with Gasteiger partial charge in [-0.3, -0.25) is 0 Å². The first kappa shape index (κ1) is 8.34. The average molecular weight is 170 g/mol. The monoisotopic (exact) mass is 170 g/mol. The summed E-state index contributed by atoms with van der Waals surface area (Å²) in [6, 6.07) is 0. The van der Waals surface area contributed by atoms with Crippen LogP contribution in [0.1, 0.15) is 0 Å². The van der Waals surface area contributed by atoms with Gasteiger partial charge in [0.2, 0.25) is 0 Å². The van der Waals surface area contributed by atoms with Crippen LogP contribution in [0.15, 0.2) is 0 Å². The van der Waals surface area contributed by atoms with Gasteiger partial charge in [-0.2, -0.15) is 13.2 Å². The molecule has 1 atom stereocenters. The summed E-state index contributed by atoms with van der Waals surface area (Å²) in [6.07, 6.45) is -5.92. The first-order chi connectivity index (χ1) is 4.50. The predicted molar refractivity (Wildman–Crippen MR) is 28.5 cm³/mol. The van der Waals surface area contributed by atoms with Gasteiger partial charge >= 0.3 is 21.0 Å². The summed E-state index contributed by atoms with van der Waals surface area (Å²) in [5.41, 5.74) is 0. The Morgan fingerprint density at radius 3 is 2.30 bits per heavy atom. The molecule has 0 radical (unpaired) electrons. The van der Waals surface area contributed by atoms with Gasteiger partial charge in [0.25, 0.3) is 0 Å². The van der Waals surface area contributed by atoms with E-state index in [1.807, 2.05) is 0 Å². The Kier molecular flexibility index (Phi) is 2.25. The second-order valence-corrected chi connectivity index (χ2v) is 3.81. The van der Waals surface area contributed by atoms with E-state index < -0.39 is 27.1 Å². The fourth-order valence-electron chi connectivity index (χ4n) is 0.704. The number of hydrogen-bond donors (Lipinski definition) is 0. The fraction of sp³-hybridized carbons (Fsp3) is 1.00. The van der Waals surface area contributed by atoms with Crippen molar-refractivity contribution < 1.29 is 20.7 Å². The predicted octanol–water partition coefficient (Wildman–Crippen LogP) is 1.08. The zero-order valence-electron chi connectivity index (χ0n) is 5.31. The highest BCUT2D eigenvalue weighted by Gasteiger charge is 2.47. The maximum absolute atomic E-state index is 11.8. The molecular formula is C4H6AlF3O2. The standard InChI is InChI=1S/C3H3F3O2.CH3.Al/c4-3(5,6)2(8)1-7;;/h2H,1H2;1H3;/q-2;;+2. The molecule has 0 amide bonds. The minimum Gasteiger partial charge on any atom is -0.476 e. The molecule has 0 N–H and O–H groups in total. The van der Waals surface area contributed by atoms with E-state index in [4.69, 9.17) is 0 Å². The lowest BCUT2D eigenvalue weighted by molar-refractivity contribution is -0.190. The smallest absolute Gasteiger partial charge is 0.476 e. The van der Waals surface area contributed by atoms with Crippen molar-refractivity contribution in [3.63, 3.8) is 0 Å². The average Bonchev–Trinajstić information content (AvgIpc) is 2.11. The lowest BCUT2D eigenvalue weighted by Crippen LogP contribution is -2.31. The van der Waals surface area contributed by atoms with Gasteiger partial charge < -0.3 is 7.58 Å². The van der Waals surface area contributed by atoms with Crippen molar-refractivity contribution in [1.82, 2.24) is 0 Å². The van der Waals surface area contributed by atoms with E-state index in [0.29, 0.717) is 0 Å². The fourth-order valence-corrected chi connectivity index (χ4v) is 1.92. The van der Waals surface area contributed by atoms with Crippen LogP contribution in [0.2, 0.25) is 5.79 Å². The van der Waals surface area contributed by atoms with Gasteiger partial charge in [0.1, 0.15) is 6.10 Å². The Hall–Kier alpha value is 0.242. The number of halogens is 3. The van der Waals surface area contributed by atoms with E-state index in [2.05, 4.69) is 7.58 Å². The van der Waals surface area contributed by atoms with Crippen LogP contribution in [-0.2, 0) is 7.58 Å². The third-order valence-corrected chi connectivity index (χ3v) is 2.58. The van der Waals surface area contributed by atoms with Crippen molar-refractivity contribution in [2.24, 2.45) is 0 Å². The Balaban J connectivity index is 2.45. The van der Waals surface area contributed by atoms with Crippen LogP contribution in [0, 0.1) is 0 Å². The molecule has 6 heteroatoms. The molecule has 1 saturated heterocycles. The molecule has 10 heavy (non-hydrogen) atoms. The number of rotatable bonds is 0. The van der Waals surface area contributed by atoms with Gasteiger partial charge in [-0.1, -0.05) is 5.79 Å². The van der Waals surface area contributed by atoms with Gasteiger partial charge in [-0.25, -0.2) is 0 Å². The van der Waals surface area contributed by atoms with Crippen molar-refractivity contribution in [1.29, 1.82) is 0 Å². The highest BCUT2D eigenvalue weighted by atomic mass is 27.2. The SMILES string of the molecule is [CH3][Al]1[O]CC(C(F)(F)F)[O]1. The minimum absolute atomic E-state index is 0.323. The first-order valence-electron chi connectivity index (χ1n) is 2.84. The summed E-state index contributed by atoms with van der Waals surface area (Å²) < 4.78 is 44.5. The summed E-state index contributed by atoms with van der Waals surface area (Å²) in [4.78, 5) is 0. The van der Waals surface area contributed by atoms with Gasteiger partial charge in [0.05, 0.1) is 0 Å². The third-order valence-electron chi connectivity index (χ3n) is 1.20. The van der Waals surface area contributed by atoms with Crippen LogP contribution in [0.4, 0.5) is 13.2 Å². The molecule has 0 aromatic rings. The molecule has 0 aromatic heterocycles. The molecule has 1 aliphatic rings. The Labute approximate surface area is 61.0 Å². The van der Waals surface area contributed by atoms with E-state index in [-0.39, 0.29) is 6.61 Å². The maximum Gasteiger partial charge on any atom is 0.671 e. The molecule has 1 rings (SSSR count). The highest BCUT2D eigenvalue weighted by Crippen LogP contribution is 2.26. The molecule has 1 heterocycles. The van der Waals surface area contributed by atoms with Gasteiger partial charge in [0.15, 0.2) is 0 Å². The van der Waals surface area contributed by atoms with Gasteiger partial charge in [-0.05, 0) is 0 Å². The van der Waals surface area contributed by atoms with Crippen molar-refractivity contribution in [2.45, 2.75) is 18.1 Å². The lowest BCUT2D eigenvalue weighted by Gasteiger charge is -2.13. The molecule has 0 aliphatic carbocycles. The molecule has 0 saturated carbocycles. The normalized spacial score (nSPS) is 27.6. The molecule has 1 unspecified atom stereocenters. The molecule has 1 aliphatic heterocycles. The van der Waals surface area contributed by atoms with E-state index >= 15 is 0 Å². The topological polar surface area (TPSA) is 18.5 Å². The third kappa shape index (κ3) is 1.86. The second kappa shape index (κ2) is 2.70. The maximum atomic E-state index is 11.8. The van der Waals surface area contributed by atoms with Crippen LogP contribution >= 0.6 is 0 Å². The van der Waals surface area contributed by atoms with Gasteiger partial charge in [-0.15, -0.1) is 0 Å². The van der Waals surface area contributed by atoms with E-state index in [9.17, 15) is 13.2 Å². The molecule has 0 aromatic carbocycles. The van der Waals surface area contributed by atoms with Crippen LogP contribution < -0.4 is 0 Å². The Morgan fingerprint density at radius 1 is 1.50 bits per heavy atom. The summed E-state index contributed by atoms with van der Waals surface area (Å²) in [6.45, 7) is -0.323. The molecule has 58 valence electrons. The molecular weight excluding hydrogens is 164 g/mol. The summed E-state index contributed by atoms with van der Waals surface area (Å²) in [5.74, 6) is 1.58. The van der Waals surface area contributed by atoms with Crippen LogP contribution in [0.5, 0.6) is 0 Å². The molecule has 2 nitrogen and oxygen atoms in total. The zero-order chi connectivity index (χ0) is 7.78. The summed E-state index contributed by atoms with van der Waals surface area (Å²) >= 11 is -1.93. The van der Waals surface area contributed by atoms with Crippen molar-refractivity contribution in [2.75, 3.05) is 6.61 Å². The van der Waals surface area contributed by atoms with E-state index in [1.54, 1.807) is 5.79 Å². The summed E-state index contributed by atoms with van der Waals surface area (Å²) in [5, 5.41) is 0. The van der Waals surface area contributed by atoms with E-state index in [1.165, 1.54) is 0 Å². The molecule has 0 bridgehead atoms. The van der Waals surface area contributed by atoms with Crippen LogP contribution in [-0.4, -0.2) is 33.7 Å². The second-order valence-electron chi connectivity index (χ2n) is 2.07. The van der Waals surface area contributed by atoms with Crippen molar-refractivity contribution >= 4 is 14.8 Å². The van der Waals surface area contributed by atoms with Crippen molar-refractivity contribution in [3.8, 4) is 0 Å². The van der Waals surface area contributed by atoms with Crippen LogP contribution in [0.25, 0.3) is 0 Å². The summed E-state index contributed by atoms with van der Waals surface area (Å²) in [7, 11) is 0. The quantitative estimate of drug-likeness (QED) is 0.506.